The summed E-state index contributed by atoms with van der Waals surface area (Å²) in [5.41, 5.74) is 6.56. The summed E-state index contributed by atoms with van der Waals surface area (Å²) in [6, 6.07) is 11.3. The highest BCUT2D eigenvalue weighted by Crippen LogP contribution is 2.25. The third-order valence-electron chi connectivity index (χ3n) is 3.52. The van der Waals surface area contributed by atoms with Crippen LogP contribution in [0.25, 0.3) is 0 Å². The van der Waals surface area contributed by atoms with Crippen molar-refractivity contribution in [3.63, 3.8) is 0 Å². The van der Waals surface area contributed by atoms with Gasteiger partial charge in [-0.05, 0) is 36.8 Å². The van der Waals surface area contributed by atoms with E-state index in [0.29, 0.717) is 5.02 Å². The van der Waals surface area contributed by atoms with Gasteiger partial charge in [-0.25, -0.2) is 4.39 Å². The van der Waals surface area contributed by atoms with Crippen LogP contribution in [0.2, 0.25) is 5.02 Å². The lowest BCUT2D eigenvalue weighted by Crippen LogP contribution is -2.30. The normalized spacial score (nSPS) is 12.0. The molecule has 0 aliphatic rings. The predicted octanol–water partition coefficient (Wildman–Crippen LogP) is 3.89. The second-order valence-corrected chi connectivity index (χ2v) is 5.28. The van der Waals surface area contributed by atoms with Crippen molar-refractivity contribution in [2.45, 2.75) is 13.0 Å². The number of halogens is 2. The lowest BCUT2D eigenvalue weighted by molar-refractivity contribution is 0.0743. The van der Waals surface area contributed by atoms with E-state index in [0.717, 1.165) is 5.56 Å². The highest BCUT2D eigenvalue weighted by Gasteiger charge is 2.21. The van der Waals surface area contributed by atoms with Crippen molar-refractivity contribution in [1.29, 1.82) is 0 Å². The van der Waals surface area contributed by atoms with Crippen LogP contribution in [0, 0.1) is 5.82 Å². The Morgan fingerprint density at radius 3 is 2.62 bits per heavy atom. The first kappa shape index (κ1) is 15.3. The molecule has 0 heterocycles. The average molecular weight is 307 g/mol. The van der Waals surface area contributed by atoms with Crippen molar-refractivity contribution in [2.75, 3.05) is 12.8 Å². The molecule has 0 aromatic heterocycles. The highest BCUT2D eigenvalue weighted by molar-refractivity contribution is 6.30. The number of nitrogens with two attached hydrogens (primary N) is 1. The monoisotopic (exact) mass is 306 g/mol. The Bertz CT molecular complexity index is 675. The first-order valence-electron chi connectivity index (χ1n) is 6.48. The van der Waals surface area contributed by atoms with Crippen molar-refractivity contribution >= 4 is 23.2 Å². The van der Waals surface area contributed by atoms with E-state index in [1.165, 1.54) is 23.1 Å². The van der Waals surface area contributed by atoms with Gasteiger partial charge in [0.15, 0.2) is 0 Å². The number of rotatable bonds is 3. The summed E-state index contributed by atoms with van der Waals surface area (Å²) in [5.74, 6) is -0.927. The summed E-state index contributed by atoms with van der Waals surface area (Å²) in [6.45, 7) is 1.87. The molecule has 0 fully saturated rings. The zero-order valence-electron chi connectivity index (χ0n) is 11.8. The molecule has 3 nitrogen and oxygen atoms in total. The molecule has 2 rings (SSSR count). The molecule has 2 N–H and O–H groups in total. The molecule has 1 amide bonds. The molecule has 0 bridgehead atoms. The Labute approximate surface area is 128 Å². The first-order valence-corrected chi connectivity index (χ1v) is 6.86. The Balaban J connectivity index is 2.29. The third-order valence-corrected chi connectivity index (χ3v) is 3.75. The van der Waals surface area contributed by atoms with Gasteiger partial charge >= 0.3 is 0 Å². The fraction of sp³-hybridized carbons (Fsp3) is 0.188. The number of benzene rings is 2. The van der Waals surface area contributed by atoms with Crippen LogP contribution in [0.1, 0.15) is 28.9 Å². The number of nitrogen functional groups attached to an aromatic ring is 1. The predicted molar refractivity (Wildman–Crippen MR) is 82.8 cm³/mol. The number of para-hydroxylation sites is 1. The summed E-state index contributed by atoms with van der Waals surface area (Å²) >= 11 is 5.96. The molecule has 1 unspecified atom stereocenters. The van der Waals surface area contributed by atoms with Gasteiger partial charge in [-0.1, -0.05) is 29.8 Å². The van der Waals surface area contributed by atoms with Gasteiger partial charge in [0, 0.05) is 12.1 Å². The van der Waals surface area contributed by atoms with Gasteiger partial charge in [0.2, 0.25) is 0 Å². The van der Waals surface area contributed by atoms with Crippen LogP contribution in [0.4, 0.5) is 10.1 Å². The third kappa shape index (κ3) is 3.16. The largest absolute Gasteiger partial charge is 0.396 e. The van der Waals surface area contributed by atoms with Crippen molar-refractivity contribution in [2.24, 2.45) is 0 Å². The molecule has 21 heavy (non-hydrogen) atoms. The number of hydrogen-bond acceptors (Lipinski definition) is 2. The minimum atomic E-state index is -0.593. The van der Waals surface area contributed by atoms with Gasteiger partial charge < -0.3 is 10.6 Å². The number of carbonyl (C=O) groups excluding carboxylic acids is 1. The lowest BCUT2D eigenvalue weighted by atomic mass is 10.1. The summed E-state index contributed by atoms with van der Waals surface area (Å²) in [6.07, 6.45) is 0. The smallest absolute Gasteiger partial charge is 0.256 e. The molecular formula is C16H16ClFN2O. The van der Waals surface area contributed by atoms with Gasteiger partial charge in [0.05, 0.1) is 17.3 Å². The Kier molecular flexibility index (Phi) is 4.48. The molecule has 0 saturated carbocycles. The maximum Gasteiger partial charge on any atom is 0.256 e. The molecule has 110 valence electrons. The van der Waals surface area contributed by atoms with Crippen molar-refractivity contribution < 1.29 is 9.18 Å². The second-order valence-electron chi connectivity index (χ2n) is 4.85. The van der Waals surface area contributed by atoms with Crippen LogP contribution in [-0.2, 0) is 0 Å². The summed E-state index contributed by atoms with van der Waals surface area (Å²) in [5, 5.41) is 0.602. The highest BCUT2D eigenvalue weighted by atomic mass is 35.5. The van der Waals surface area contributed by atoms with Crippen molar-refractivity contribution in [3.8, 4) is 0 Å². The minimum Gasteiger partial charge on any atom is -0.396 e. The Morgan fingerprint density at radius 1 is 1.29 bits per heavy atom. The number of carbonyl (C=O) groups is 1. The number of anilines is 1. The molecule has 0 spiro atoms. The zero-order chi connectivity index (χ0) is 15.6. The summed E-state index contributed by atoms with van der Waals surface area (Å²) in [7, 11) is 1.65. The number of nitrogens with zero attached hydrogens (tertiary/aromatic N) is 1. The fourth-order valence-corrected chi connectivity index (χ4v) is 2.28. The molecule has 0 aliphatic heterocycles. The summed E-state index contributed by atoms with van der Waals surface area (Å²) in [4.78, 5) is 14.0. The molecule has 1 atom stereocenters. The van der Waals surface area contributed by atoms with Crippen LogP contribution in [0.3, 0.4) is 0 Å². The van der Waals surface area contributed by atoms with E-state index in [-0.39, 0.29) is 23.2 Å². The van der Waals surface area contributed by atoms with E-state index in [9.17, 15) is 9.18 Å². The van der Waals surface area contributed by atoms with E-state index >= 15 is 0 Å². The SMILES string of the molecule is CC(c1cccc(Cl)c1)N(C)C(=O)c1cccc(F)c1N. The van der Waals surface area contributed by atoms with Crippen LogP contribution >= 0.6 is 11.6 Å². The van der Waals surface area contributed by atoms with Crippen LogP contribution in [0.15, 0.2) is 42.5 Å². The van der Waals surface area contributed by atoms with E-state index in [1.54, 1.807) is 19.2 Å². The molecule has 2 aromatic carbocycles. The van der Waals surface area contributed by atoms with Crippen LogP contribution in [-0.4, -0.2) is 17.9 Å². The van der Waals surface area contributed by atoms with Gasteiger partial charge in [0.1, 0.15) is 5.82 Å². The summed E-state index contributed by atoms with van der Waals surface area (Å²) < 4.78 is 13.5. The molecule has 2 aromatic rings. The average Bonchev–Trinajstić information content (AvgIpc) is 2.48. The topological polar surface area (TPSA) is 46.3 Å². The van der Waals surface area contributed by atoms with E-state index in [4.69, 9.17) is 17.3 Å². The van der Waals surface area contributed by atoms with Crippen molar-refractivity contribution in [1.82, 2.24) is 4.90 Å². The molecule has 0 aliphatic carbocycles. The molecule has 0 radical (unpaired) electrons. The molecular weight excluding hydrogens is 291 g/mol. The number of amides is 1. The maximum absolute atomic E-state index is 13.5. The number of hydrogen-bond donors (Lipinski definition) is 1. The van der Waals surface area contributed by atoms with E-state index in [2.05, 4.69) is 0 Å². The van der Waals surface area contributed by atoms with E-state index in [1.807, 2.05) is 19.1 Å². The van der Waals surface area contributed by atoms with Gasteiger partial charge in [0.25, 0.3) is 5.91 Å². The Hall–Kier alpha value is -2.07. The fourth-order valence-electron chi connectivity index (χ4n) is 2.08. The van der Waals surface area contributed by atoms with Crippen LogP contribution < -0.4 is 5.73 Å². The lowest BCUT2D eigenvalue weighted by Gasteiger charge is -2.26. The standard InChI is InChI=1S/C16H16ClFN2O/c1-10(11-5-3-6-12(17)9-11)20(2)16(21)13-7-4-8-14(18)15(13)19/h3-10H,19H2,1-2H3. The molecule has 0 saturated heterocycles. The first-order chi connectivity index (χ1) is 9.91. The van der Waals surface area contributed by atoms with Gasteiger partial charge in [-0.15, -0.1) is 0 Å². The maximum atomic E-state index is 13.5. The quantitative estimate of drug-likeness (QED) is 0.874. The Morgan fingerprint density at radius 2 is 1.95 bits per heavy atom. The van der Waals surface area contributed by atoms with Crippen LogP contribution in [0.5, 0.6) is 0 Å². The molecule has 5 heteroatoms. The van der Waals surface area contributed by atoms with Crippen molar-refractivity contribution in [3.05, 3.63) is 64.4 Å². The zero-order valence-corrected chi connectivity index (χ0v) is 12.6. The minimum absolute atomic E-state index is 0.132. The van der Waals surface area contributed by atoms with Gasteiger partial charge in [-0.3, -0.25) is 4.79 Å². The second kappa shape index (κ2) is 6.14. The van der Waals surface area contributed by atoms with E-state index < -0.39 is 5.82 Å². The van der Waals surface area contributed by atoms with Gasteiger partial charge in [-0.2, -0.15) is 0 Å².